The van der Waals surface area contributed by atoms with Crippen LogP contribution in [0.25, 0.3) is 0 Å². The van der Waals surface area contributed by atoms with Crippen LogP contribution in [0.3, 0.4) is 0 Å². The molecule has 1 aliphatic heterocycles. The summed E-state index contributed by atoms with van der Waals surface area (Å²) in [7, 11) is 0. The Morgan fingerprint density at radius 3 is 2.26 bits per heavy atom. The molecule has 1 saturated heterocycles. The molecular weight excluding hydrogens is 399 g/mol. The summed E-state index contributed by atoms with van der Waals surface area (Å²) in [6.45, 7) is 11.1. The number of fused-ring (bicyclic) bond motifs is 1. The van der Waals surface area contributed by atoms with Gasteiger partial charge in [0, 0.05) is 32.2 Å². The lowest BCUT2D eigenvalue weighted by atomic mass is 9.82. The third-order valence-corrected chi connectivity index (χ3v) is 5.73. The van der Waals surface area contributed by atoms with E-state index in [0.29, 0.717) is 0 Å². The van der Waals surface area contributed by atoms with E-state index in [1.165, 1.54) is 64.1 Å². The first-order valence-electron chi connectivity index (χ1n) is 9.59. The molecule has 0 spiro atoms. The lowest BCUT2D eigenvalue weighted by molar-refractivity contribution is 0.285. The summed E-state index contributed by atoms with van der Waals surface area (Å²) in [5.41, 5.74) is 0. The minimum absolute atomic E-state index is 0. The minimum atomic E-state index is 0. The van der Waals surface area contributed by atoms with Crippen LogP contribution in [0, 0.1) is 11.8 Å². The fourth-order valence-electron chi connectivity index (χ4n) is 4.33. The smallest absolute Gasteiger partial charge is 0.193 e. The summed E-state index contributed by atoms with van der Waals surface area (Å²) in [5.74, 6) is 3.02. The number of likely N-dealkylation sites (tertiary alicyclic amines) is 1. The predicted molar refractivity (Wildman–Crippen MR) is 109 cm³/mol. The van der Waals surface area contributed by atoms with Crippen LogP contribution in [-0.2, 0) is 0 Å². The maximum Gasteiger partial charge on any atom is 0.193 e. The van der Waals surface area contributed by atoms with E-state index in [1.54, 1.807) is 0 Å². The van der Waals surface area contributed by atoms with Gasteiger partial charge in [-0.3, -0.25) is 9.89 Å². The first-order valence-corrected chi connectivity index (χ1v) is 9.59. The first kappa shape index (κ1) is 19.3. The Morgan fingerprint density at radius 2 is 1.74 bits per heavy atom. The van der Waals surface area contributed by atoms with Crippen LogP contribution in [-0.4, -0.2) is 61.1 Å². The number of aliphatic imine (C=N–C) groups is 1. The molecule has 134 valence electrons. The molecule has 0 radical (unpaired) electrons. The van der Waals surface area contributed by atoms with Gasteiger partial charge in [0.05, 0.1) is 6.54 Å². The van der Waals surface area contributed by atoms with Gasteiger partial charge >= 0.3 is 0 Å². The third kappa shape index (κ3) is 5.21. The van der Waals surface area contributed by atoms with Gasteiger partial charge in [-0.1, -0.05) is 19.8 Å². The van der Waals surface area contributed by atoms with Crippen molar-refractivity contribution >= 4 is 29.9 Å². The van der Waals surface area contributed by atoms with Crippen molar-refractivity contribution in [1.82, 2.24) is 15.1 Å². The molecule has 2 aliphatic carbocycles. The Kier molecular flexibility index (Phi) is 7.92. The van der Waals surface area contributed by atoms with Gasteiger partial charge in [0.1, 0.15) is 0 Å². The third-order valence-electron chi connectivity index (χ3n) is 5.73. The molecule has 0 aromatic rings. The van der Waals surface area contributed by atoms with Gasteiger partial charge in [0.25, 0.3) is 0 Å². The molecule has 2 unspecified atom stereocenters. The van der Waals surface area contributed by atoms with Gasteiger partial charge in [-0.15, -0.1) is 24.0 Å². The minimum Gasteiger partial charge on any atom is -0.357 e. The number of hydrogen-bond acceptors (Lipinski definition) is 2. The van der Waals surface area contributed by atoms with Crippen LogP contribution in [0.4, 0.5) is 0 Å². The molecule has 4 nitrogen and oxygen atoms in total. The quantitative estimate of drug-likeness (QED) is 0.396. The van der Waals surface area contributed by atoms with Crippen LogP contribution >= 0.6 is 24.0 Å². The Morgan fingerprint density at radius 1 is 1.09 bits per heavy atom. The molecule has 0 bridgehead atoms. The summed E-state index contributed by atoms with van der Waals surface area (Å²) in [4.78, 5) is 10.1. The lowest BCUT2D eigenvalue weighted by Crippen LogP contribution is -2.41. The topological polar surface area (TPSA) is 30.9 Å². The maximum absolute atomic E-state index is 4.94. The predicted octanol–water partition coefficient (Wildman–Crippen LogP) is 3.18. The molecule has 2 saturated carbocycles. The molecule has 23 heavy (non-hydrogen) atoms. The summed E-state index contributed by atoms with van der Waals surface area (Å²) >= 11 is 0. The number of guanidine groups is 1. The van der Waals surface area contributed by atoms with Crippen molar-refractivity contribution in [3.63, 3.8) is 0 Å². The largest absolute Gasteiger partial charge is 0.357 e. The van der Waals surface area contributed by atoms with Gasteiger partial charge in [0.15, 0.2) is 5.96 Å². The van der Waals surface area contributed by atoms with Crippen LogP contribution in [0.1, 0.15) is 52.4 Å². The highest BCUT2D eigenvalue weighted by Gasteiger charge is 2.35. The van der Waals surface area contributed by atoms with Gasteiger partial charge in [0.2, 0.25) is 0 Å². The Bertz CT molecular complexity index is 369. The van der Waals surface area contributed by atoms with Crippen LogP contribution < -0.4 is 5.32 Å². The first-order chi connectivity index (χ1) is 10.8. The summed E-state index contributed by atoms with van der Waals surface area (Å²) in [5, 5.41) is 3.53. The zero-order chi connectivity index (χ0) is 15.4. The second-order valence-electron chi connectivity index (χ2n) is 7.31. The van der Waals surface area contributed by atoms with Crippen molar-refractivity contribution in [1.29, 1.82) is 0 Å². The zero-order valence-electron chi connectivity index (χ0n) is 15.0. The summed E-state index contributed by atoms with van der Waals surface area (Å²) < 4.78 is 0. The average molecular weight is 434 g/mol. The van der Waals surface area contributed by atoms with Crippen LogP contribution in [0.5, 0.6) is 0 Å². The van der Waals surface area contributed by atoms with Crippen molar-refractivity contribution in [3.8, 4) is 0 Å². The molecule has 1 N–H and O–H groups in total. The van der Waals surface area contributed by atoms with Gasteiger partial charge in [-0.05, 0) is 51.0 Å². The molecular formula is C18H35IN4. The fourth-order valence-corrected chi connectivity index (χ4v) is 4.33. The zero-order valence-corrected chi connectivity index (χ0v) is 17.3. The van der Waals surface area contributed by atoms with E-state index in [-0.39, 0.29) is 24.0 Å². The van der Waals surface area contributed by atoms with E-state index >= 15 is 0 Å². The molecule has 2 atom stereocenters. The van der Waals surface area contributed by atoms with Gasteiger partial charge in [-0.2, -0.15) is 0 Å². The molecule has 0 amide bonds. The molecule has 3 rings (SSSR count). The monoisotopic (exact) mass is 434 g/mol. The summed E-state index contributed by atoms with van der Waals surface area (Å²) in [6.07, 6.45) is 8.54. The van der Waals surface area contributed by atoms with E-state index in [9.17, 15) is 0 Å². The molecule has 3 aliphatic rings. The Balaban J connectivity index is 0.00000192. The summed E-state index contributed by atoms with van der Waals surface area (Å²) in [6, 6.07) is 0.859. The van der Waals surface area contributed by atoms with Gasteiger partial charge < -0.3 is 10.2 Å². The average Bonchev–Trinajstić information content (AvgIpc) is 3.28. The lowest BCUT2D eigenvalue weighted by Gasteiger charge is -2.23. The maximum atomic E-state index is 4.94. The fraction of sp³-hybridized carbons (Fsp3) is 0.944. The van der Waals surface area contributed by atoms with E-state index in [4.69, 9.17) is 4.99 Å². The number of hydrogen-bond donors (Lipinski definition) is 1. The Hall–Kier alpha value is -0.0400. The molecule has 0 aromatic carbocycles. The van der Waals surface area contributed by atoms with Gasteiger partial charge in [-0.25, -0.2) is 0 Å². The Labute approximate surface area is 159 Å². The van der Waals surface area contributed by atoms with Crippen molar-refractivity contribution in [2.75, 3.05) is 39.3 Å². The number of nitrogens with zero attached hydrogens (tertiary/aromatic N) is 3. The van der Waals surface area contributed by atoms with Crippen molar-refractivity contribution in [3.05, 3.63) is 0 Å². The second kappa shape index (κ2) is 9.44. The molecule has 3 fully saturated rings. The SMILES string of the molecule is CCNC(=NCCN(CC)C1CC1)N1CC2CCCCC2C1.I. The molecule has 5 heteroatoms. The van der Waals surface area contributed by atoms with Crippen LogP contribution in [0.15, 0.2) is 4.99 Å². The number of halogens is 1. The van der Waals surface area contributed by atoms with E-state index in [0.717, 1.165) is 37.5 Å². The normalized spacial score (nSPS) is 27.8. The second-order valence-corrected chi connectivity index (χ2v) is 7.31. The van der Waals surface area contributed by atoms with Crippen molar-refractivity contribution in [2.24, 2.45) is 16.8 Å². The standard InChI is InChI=1S/C18H34N4.HI/c1-3-19-18(20-11-12-21(4-2)17-9-10-17)22-13-15-7-5-6-8-16(15)14-22;/h15-17H,3-14H2,1-2H3,(H,19,20);1H. The highest BCUT2D eigenvalue weighted by molar-refractivity contribution is 14.0. The highest BCUT2D eigenvalue weighted by atomic mass is 127. The number of rotatable bonds is 6. The molecule has 1 heterocycles. The van der Waals surface area contributed by atoms with Crippen molar-refractivity contribution in [2.45, 2.75) is 58.4 Å². The molecule has 0 aromatic heterocycles. The highest BCUT2D eigenvalue weighted by Crippen LogP contribution is 2.35. The van der Waals surface area contributed by atoms with Crippen molar-refractivity contribution < 1.29 is 0 Å². The van der Waals surface area contributed by atoms with E-state index < -0.39 is 0 Å². The van der Waals surface area contributed by atoms with E-state index in [2.05, 4.69) is 29.0 Å². The van der Waals surface area contributed by atoms with E-state index in [1.807, 2.05) is 0 Å². The van der Waals surface area contributed by atoms with Crippen LogP contribution in [0.2, 0.25) is 0 Å². The number of nitrogens with one attached hydrogen (secondary N) is 1. The number of likely N-dealkylation sites (N-methyl/N-ethyl adjacent to an activating group) is 1.